The van der Waals surface area contributed by atoms with E-state index in [4.69, 9.17) is 23.6 Å². The van der Waals surface area contributed by atoms with E-state index in [2.05, 4.69) is 72.8 Å². The van der Waals surface area contributed by atoms with Gasteiger partial charge in [0.1, 0.15) is 11.4 Å². The number of fused-ring (bicyclic) bond motifs is 1. The molecule has 238 valence electrons. The minimum absolute atomic E-state index is 0.0187. The van der Waals surface area contributed by atoms with E-state index in [-0.39, 0.29) is 29.5 Å². The molecule has 0 bridgehead atoms. The summed E-state index contributed by atoms with van der Waals surface area (Å²) in [5, 5.41) is 0.141. The van der Waals surface area contributed by atoms with Crippen LogP contribution >= 0.6 is 0 Å². The third-order valence-electron chi connectivity index (χ3n) is 9.23. The molecule has 0 N–H and O–H groups in total. The van der Waals surface area contributed by atoms with Crippen LogP contribution in [0.4, 0.5) is 0 Å². The van der Waals surface area contributed by atoms with Crippen LogP contribution in [-0.4, -0.2) is 39.6 Å². The highest BCUT2D eigenvalue weighted by Crippen LogP contribution is 2.39. The number of carbonyl (C=O) groups is 1. The first-order chi connectivity index (χ1) is 20.9. The second-order valence-corrected chi connectivity index (χ2v) is 18.5. The topological polar surface area (TPSA) is 66.9 Å². The van der Waals surface area contributed by atoms with Gasteiger partial charge in [0.25, 0.3) is 0 Å². The molecule has 1 aromatic heterocycles. The number of ether oxygens (including phenoxy) is 3. The molecule has 0 amide bonds. The van der Waals surface area contributed by atoms with E-state index in [1.807, 2.05) is 30.3 Å². The van der Waals surface area contributed by atoms with Crippen molar-refractivity contribution in [2.45, 2.75) is 97.7 Å². The quantitative estimate of drug-likeness (QED) is 0.133. The number of ketones is 1. The van der Waals surface area contributed by atoms with E-state index < -0.39 is 8.32 Å². The van der Waals surface area contributed by atoms with Crippen molar-refractivity contribution in [3.8, 4) is 17.2 Å². The summed E-state index contributed by atoms with van der Waals surface area (Å²) in [6.07, 6.45) is 4.46. The van der Waals surface area contributed by atoms with Gasteiger partial charge in [-0.15, -0.1) is 0 Å². The fourth-order valence-electron chi connectivity index (χ4n) is 5.45. The van der Waals surface area contributed by atoms with Crippen molar-refractivity contribution in [1.29, 1.82) is 0 Å². The van der Waals surface area contributed by atoms with Gasteiger partial charge >= 0.3 is 0 Å². The molecule has 0 spiro atoms. The molecule has 0 aliphatic carbocycles. The predicted octanol–water partition coefficient (Wildman–Crippen LogP) is 9.13. The molecule has 0 saturated carbocycles. The van der Waals surface area contributed by atoms with E-state index in [1.165, 1.54) is 0 Å². The molecule has 0 fully saturated rings. The van der Waals surface area contributed by atoms with E-state index in [9.17, 15) is 4.79 Å². The lowest BCUT2D eigenvalue weighted by atomic mass is 9.85. The molecular formula is C37H51NO5Si. The first-order valence-corrected chi connectivity index (χ1v) is 19.0. The second kappa shape index (κ2) is 14.3. The van der Waals surface area contributed by atoms with Gasteiger partial charge in [0.15, 0.2) is 19.8 Å². The van der Waals surface area contributed by atoms with Gasteiger partial charge in [0, 0.05) is 23.8 Å². The highest BCUT2D eigenvalue weighted by Gasteiger charge is 2.37. The standard InChI is InChI=1S/C37H51NO5Si/c1-10-12-13-28-15-17-32(30(11-2)26-14-19-33-34(22-26)42-24-41-33)35(38-28)36(39)31-18-16-29(40-7)21-27(31)20-25(3)23-43-44(8,9)37(4,5)6/h14-19,21-22,25,30H,10-13,20,23-24H2,1-9H3/t25-,30?/m0/s1. The Morgan fingerprint density at radius 2 is 1.77 bits per heavy atom. The largest absolute Gasteiger partial charge is 0.497 e. The normalized spacial score (nSPS) is 14.4. The minimum Gasteiger partial charge on any atom is -0.497 e. The predicted molar refractivity (Wildman–Crippen MR) is 180 cm³/mol. The molecule has 0 radical (unpaired) electrons. The highest BCUT2D eigenvalue weighted by atomic mass is 28.4. The first-order valence-electron chi connectivity index (χ1n) is 16.1. The van der Waals surface area contributed by atoms with E-state index in [0.29, 0.717) is 24.3 Å². The molecule has 6 nitrogen and oxygen atoms in total. The number of nitrogens with zero attached hydrogens (tertiary/aromatic N) is 1. The lowest BCUT2D eigenvalue weighted by molar-refractivity contribution is 0.103. The van der Waals surface area contributed by atoms with E-state index in [0.717, 1.165) is 65.3 Å². The summed E-state index contributed by atoms with van der Waals surface area (Å²) in [4.78, 5) is 19.7. The maximum Gasteiger partial charge on any atom is 0.231 e. The summed E-state index contributed by atoms with van der Waals surface area (Å²) >= 11 is 0. The molecule has 44 heavy (non-hydrogen) atoms. The van der Waals surface area contributed by atoms with Gasteiger partial charge in [-0.25, -0.2) is 4.98 Å². The van der Waals surface area contributed by atoms with Crippen molar-refractivity contribution in [2.75, 3.05) is 20.5 Å². The molecular weight excluding hydrogens is 566 g/mol. The fraction of sp³-hybridized carbons (Fsp3) is 0.514. The van der Waals surface area contributed by atoms with E-state index in [1.54, 1.807) is 7.11 Å². The van der Waals surface area contributed by atoms with Gasteiger partial charge in [-0.1, -0.05) is 60.1 Å². The third-order valence-corrected chi connectivity index (χ3v) is 13.7. The fourth-order valence-corrected chi connectivity index (χ4v) is 6.59. The number of unbranched alkanes of at least 4 members (excludes halogenated alkanes) is 1. The summed E-state index contributed by atoms with van der Waals surface area (Å²) in [5.74, 6) is 2.39. The highest BCUT2D eigenvalue weighted by molar-refractivity contribution is 6.74. The second-order valence-electron chi connectivity index (χ2n) is 13.7. The molecule has 3 aromatic rings. The SMILES string of the molecule is CCCCc1ccc(C(CC)c2ccc3c(c2)OCO3)c(C(=O)c2ccc(OC)cc2C[C@H](C)CO[Si](C)(C)C(C)(C)C)n1. The average molecular weight is 618 g/mol. The summed E-state index contributed by atoms with van der Waals surface area (Å²) in [6.45, 7) is 18.7. The Labute approximate surface area is 265 Å². The number of methoxy groups -OCH3 is 1. The zero-order valence-corrected chi connectivity index (χ0v) is 29.2. The molecule has 7 heteroatoms. The molecule has 4 rings (SSSR count). The maximum absolute atomic E-state index is 14.6. The van der Waals surface area contributed by atoms with Crippen LogP contribution in [0.1, 0.15) is 105 Å². The number of hydrogen-bond acceptors (Lipinski definition) is 6. The Morgan fingerprint density at radius 3 is 2.45 bits per heavy atom. The van der Waals surface area contributed by atoms with Gasteiger partial charge in [0.05, 0.1) is 7.11 Å². The summed E-state index contributed by atoms with van der Waals surface area (Å²) in [5.41, 5.74) is 5.13. The van der Waals surface area contributed by atoms with Gasteiger partial charge in [-0.05, 0) is 103 Å². The number of rotatable bonds is 14. The number of aromatic nitrogens is 1. The Hall–Kier alpha value is -3.16. The van der Waals surface area contributed by atoms with Crippen LogP contribution in [0.5, 0.6) is 17.2 Å². The zero-order valence-electron chi connectivity index (χ0n) is 28.2. The molecule has 1 aliphatic rings. The minimum atomic E-state index is -1.89. The maximum atomic E-state index is 14.6. The zero-order chi connectivity index (χ0) is 32.1. The summed E-state index contributed by atoms with van der Waals surface area (Å²) < 4.78 is 23.4. The molecule has 2 heterocycles. The Morgan fingerprint density at radius 1 is 1.02 bits per heavy atom. The van der Waals surface area contributed by atoms with Crippen molar-refractivity contribution in [2.24, 2.45) is 5.92 Å². The number of benzene rings is 2. The number of aryl methyl sites for hydroxylation is 1. The van der Waals surface area contributed by atoms with Crippen LogP contribution in [0.3, 0.4) is 0 Å². The lowest BCUT2D eigenvalue weighted by Gasteiger charge is -2.37. The van der Waals surface area contributed by atoms with Gasteiger partial charge in [-0.3, -0.25) is 4.79 Å². The van der Waals surface area contributed by atoms with Crippen molar-refractivity contribution in [3.63, 3.8) is 0 Å². The first kappa shape index (κ1) is 33.7. The monoisotopic (exact) mass is 617 g/mol. The summed E-state index contributed by atoms with van der Waals surface area (Å²) in [7, 11) is -0.225. The van der Waals surface area contributed by atoms with Gasteiger partial charge in [-0.2, -0.15) is 0 Å². The Balaban J connectivity index is 1.72. The molecule has 0 saturated heterocycles. The average Bonchev–Trinajstić information content (AvgIpc) is 3.47. The van der Waals surface area contributed by atoms with Crippen molar-refractivity contribution in [1.82, 2.24) is 4.98 Å². The van der Waals surface area contributed by atoms with Crippen LogP contribution in [-0.2, 0) is 17.3 Å². The van der Waals surface area contributed by atoms with Crippen molar-refractivity contribution >= 4 is 14.1 Å². The number of hydrogen-bond donors (Lipinski definition) is 0. The molecule has 2 atom stereocenters. The third kappa shape index (κ3) is 7.73. The van der Waals surface area contributed by atoms with Crippen molar-refractivity contribution < 1.29 is 23.4 Å². The molecule has 1 unspecified atom stereocenters. The van der Waals surface area contributed by atoms with Crippen LogP contribution in [0.2, 0.25) is 18.1 Å². The van der Waals surface area contributed by atoms with E-state index >= 15 is 0 Å². The van der Waals surface area contributed by atoms with Crippen LogP contribution in [0.25, 0.3) is 0 Å². The molecule has 2 aromatic carbocycles. The van der Waals surface area contributed by atoms with Crippen LogP contribution in [0.15, 0.2) is 48.5 Å². The summed E-state index contributed by atoms with van der Waals surface area (Å²) in [6, 6.07) is 16.1. The lowest BCUT2D eigenvalue weighted by Crippen LogP contribution is -2.41. The Bertz CT molecular complexity index is 1440. The molecule has 1 aliphatic heterocycles. The Kier molecular flexibility index (Phi) is 11.0. The van der Waals surface area contributed by atoms with Gasteiger partial charge in [0.2, 0.25) is 12.6 Å². The van der Waals surface area contributed by atoms with Crippen LogP contribution in [0, 0.1) is 5.92 Å². The number of pyridine rings is 1. The number of carbonyl (C=O) groups excluding carboxylic acids is 1. The smallest absolute Gasteiger partial charge is 0.231 e. The van der Waals surface area contributed by atoms with Crippen molar-refractivity contribution in [3.05, 3.63) is 82.2 Å². The van der Waals surface area contributed by atoms with Gasteiger partial charge < -0.3 is 18.6 Å². The van der Waals surface area contributed by atoms with Crippen LogP contribution < -0.4 is 14.2 Å².